The number of hydrogen-bond donors (Lipinski definition) is 1. The van der Waals surface area contributed by atoms with Crippen molar-refractivity contribution in [2.75, 3.05) is 13.7 Å². The summed E-state index contributed by atoms with van der Waals surface area (Å²) in [5.41, 5.74) is 0. The molecule has 0 spiro atoms. The van der Waals surface area contributed by atoms with Crippen LogP contribution in [0.4, 0.5) is 4.79 Å². The molecule has 0 saturated carbocycles. The quantitative estimate of drug-likeness (QED) is 0.512. The fraction of sp³-hybridized carbons (Fsp3) is 0.500. The second-order valence-electron chi connectivity index (χ2n) is 0.918. The summed E-state index contributed by atoms with van der Waals surface area (Å²) in [5.74, 6) is 0. The van der Waals surface area contributed by atoms with E-state index in [0.29, 0.717) is 6.54 Å². The van der Waals surface area contributed by atoms with Crippen molar-refractivity contribution in [1.29, 1.82) is 0 Å². The van der Waals surface area contributed by atoms with E-state index in [0.717, 1.165) is 0 Å². The third-order valence-electron chi connectivity index (χ3n) is 0.455. The maximum absolute atomic E-state index is 10.0. The standard InChI is InChI=1S/C4H8NO2/c1-3-5-4(6)7-2/h1,3H2,2H3,(H,5,6). The van der Waals surface area contributed by atoms with Crippen LogP contribution in [0.25, 0.3) is 0 Å². The number of rotatable bonds is 1. The van der Waals surface area contributed by atoms with Crippen LogP contribution >= 0.6 is 0 Å². The SMILES string of the molecule is [CH2]CNC(=O)OC. The predicted molar refractivity (Wildman–Crippen MR) is 25.8 cm³/mol. The summed E-state index contributed by atoms with van der Waals surface area (Å²) in [4.78, 5) is 10.0. The van der Waals surface area contributed by atoms with Crippen molar-refractivity contribution in [2.45, 2.75) is 0 Å². The van der Waals surface area contributed by atoms with Crippen LogP contribution < -0.4 is 5.32 Å². The summed E-state index contributed by atoms with van der Waals surface area (Å²) < 4.78 is 4.20. The molecule has 3 nitrogen and oxygen atoms in total. The molecule has 7 heavy (non-hydrogen) atoms. The van der Waals surface area contributed by atoms with E-state index in [1.54, 1.807) is 0 Å². The second-order valence-corrected chi connectivity index (χ2v) is 0.918. The van der Waals surface area contributed by atoms with Gasteiger partial charge in [0.25, 0.3) is 0 Å². The van der Waals surface area contributed by atoms with E-state index < -0.39 is 6.09 Å². The third kappa shape index (κ3) is 3.09. The minimum absolute atomic E-state index is 0.368. The predicted octanol–water partition coefficient (Wildman–Crippen LogP) is 0.176. The number of carbonyl (C=O) groups is 1. The van der Waals surface area contributed by atoms with E-state index in [9.17, 15) is 4.79 Å². The van der Waals surface area contributed by atoms with Gasteiger partial charge in [-0.25, -0.2) is 4.79 Å². The van der Waals surface area contributed by atoms with Gasteiger partial charge in [-0.1, -0.05) is 0 Å². The molecule has 1 N–H and O–H groups in total. The first-order chi connectivity index (χ1) is 3.31. The monoisotopic (exact) mass is 102 g/mol. The molecule has 0 aromatic heterocycles. The van der Waals surface area contributed by atoms with Gasteiger partial charge in [-0.05, 0) is 6.92 Å². The Morgan fingerprint density at radius 2 is 2.57 bits per heavy atom. The molecule has 0 aliphatic heterocycles. The van der Waals surface area contributed by atoms with Crippen molar-refractivity contribution < 1.29 is 9.53 Å². The zero-order valence-corrected chi connectivity index (χ0v) is 4.23. The average Bonchev–Trinajstić information content (AvgIpc) is 1.68. The molecule has 0 aliphatic rings. The van der Waals surface area contributed by atoms with Crippen LogP contribution in [0, 0.1) is 6.92 Å². The van der Waals surface area contributed by atoms with Crippen LogP contribution in [0.15, 0.2) is 0 Å². The molecule has 1 amide bonds. The lowest BCUT2D eigenvalue weighted by Crippen LogP contribution is -2.21. The van der Waals surface area contributed by atoms with Gasteiger partial charge in [0, 0.05) is 6.54 Å². The number of hydrogen-bond acceptors (Lipinski definition) is 2. The van der Waals surface area contributed by atoms with E-state index >= 15 is 0 Å². The molecule has 0 fully saturated rings. The fourth-order valence-corrected chi connectivity index (χ4v) is 0.174. The van der Waals surface area contributed by atoms with Gasteiger partial charge in [-0.3, -0.25) is 0 Å². The van der Waals surface area contributed by atoms with Gasteiger partial charge in [0.1, 0.15) is 0 Å². The van der Waals surface area contributed by atoms with Crippen molar-refractivity contribution in [3.05, 3.63) is 6.92 Å². The summed E-state index contributed by atoms with van der Waals surface area (Å²) in [5, 5.41) is 2.32. The van der Waals surface area contributed by atoms with Crippen molar-refractivity contribution in [1.82, 2.24) is 5.32 Å². The Morgan fingerprint density at radius 1 is 2.00 bits per heavy atom. The molecule has 0 unspecified atom stereocenters. The first kappa shape index (κ1) is 6.27. The lowest BCUT2D eigenvalue weighted by atomic mass is 10.8. The molecular weight excluding hydrogens is 94.0 g/mol. The second kappa shape index (κ2) is 3.46. The molecule has 1 radical (unpaired) electrons. The number of carbonyl (C=O) groups excluding carboxylic acids is 1. The summed E-state index contributed by atoms with van der Waals surface area (Å²) >= 11 is 0. The Kier molecular flexibility index (Phi) is 3.10. The molecule has 0 atom stereocenters. The lowest BCUT2D eigenvalue weighted by molar-refractivity contribution is 0.172. The first-order valence-corrected chi connectivity index (χ1v) is 1.92. The molecule has 0 aromatic rings. The molecule has 0 aliphatic carbocycles. The Balaban J connectivity index is 3.00. The van der Waals surface area contributed by atoms with Crippen LogP contribution in [0.5, 0.6) is 0 Å². The molecule has 0 rings (SSSR count). The molecule has 0 bridgehead atoms. The first-order valence-electron chi connectivity index (χ1n) is 1.92. The van der Waals surface area contributed by atoms with Crippen molar-refractivity contribution >= 4 is 6.09 Å². The highest BCUT2D eigenvalue weighted by atomic mass is 16.5. The molecule has 41 valence electrons. The van der Waals surface area contributed by atoms with Crippen LogP contribution in [0.2, 0.25) is 0 Å². The smallest absolute Gasteiger partial charge is 0.406 e. The Morgan fingerprint density at radius 3 is 2.71 bits per heavy atom. The largest absolute Gasteiger partial charge is 0.453 e. The number of alkyl carbamates (subject to hydrolysis) is 1. The summed E-state index contributed by atoms with van der Waals surface area (Å²) in [7, 11) is 1.31. The van der Waals surface area contributed by atoms with Gasteiger partial charge in [0.05, 0.1) is 7.11 Å². The highest BCUT2D eigenvalue weighted by Gasteiger charge is 1.89. The van der Waals surface area contributed by atoms with Gasteiger partial charge in [-0.2, -0.15) is 0 Å². The minimum Gasteiger partial charge on any atom is -0.453 e. The lowest BCUT2D eigenvalue weighted by Gasteiger charge is -1.95. The highest BCUT2D eigenvalue weighted by molar-refractivity contribution is 5.66. The van der Waals surface area contributed by atoms with Gasteiger partial charge in [0.15, 0.2) is 0 Å². The summed E-state index contributed by atoms with van der Waals surface area (Å²) in [6.07, 6.45) is -0.435. The van der Waals surface area contributed by atoms with Crippen LogP contribution in [-0.2, 0) is 4.74 Å². The Bertz CT molecular complexity index is 62.7. The minimum atomic E-state index is -0.435. The van der Waals surface area contributed by atoms with Gasteiger partial charge < -0.3 is 10.1 Å². The highest BCUT2D eigenvalue weighted by Crippen LogP contribution is 1.65. The fourth-order valence-electron chi connectivity index (χ4n) is 0.174. The van der Waals surface area contributed by atoms with Gasteiger partial charge in [0.2, 0.25) is 0 Å². The molecule has 3 heteroatoms. The number of ether oxygens (including phenoxy) is 1. The van der Waals surface area contributed by atoms with Crippen LogP contribution in [0.3, 0.4) is 0 Å². The normalized spacial score (nSPS) is 7.71. The zero-order valence-electron chi connectivity index (χ0n) is 4.23. The number of amides is 1. The van der Waals surface area contributed by atoms with Gasteiger partial charge >= 0.3 is 6.09 Å². The van der Waals surface area contributed by atoms with E-state index in [-0.39, 0.29) is 0 Å². The molecule has 0 heterocycles. The van der Waals surface area contributed by atoms with Gasteiger partial charge in [-0.15, -0.1) is 0 Å². The van der Waals surface area contributed by atoms with Crippen LogP contribution in [-0.4, -0.2) is 19.7 Å². The van der Waals surface area contributed by atoms with E-state index in [1.807, 2.05) is 0 Å². The maximum Gasteiger partial charge on any atom is 0.406 e. The maximum atomic E-state index is 10.0. The number of nitrogens with one attached hydrogen (secondary N) is 1. The van der Waals surface area contributed by atoms with Crippen molar-refractivity contribution in [3.63, 3.8) is 0 Å². The van der Waals surface area contributed by atoms with Crippen LogP contribution in [0.1, 0.15) is 0 Å². The topological polar surface area (TPSA) is 38.3 Å². The summed E-state index contributed by atoms with van der Waals surface area (Å²) in [6, 6.07) is 0. The van der Waals surface area contributed by atoms with Crippen molar-refractivity contribution in [3.8, 4) is 0 Å². The third-order valence-corrected chi connectivity index (χ3v) is 0.455. The molecule has 0 aromatic carbocycles. The van der Waals surface area contributed by atoms with E-state index in [2.05, 4.69) is 17.0 Å². The molecular formula is C4H8NO2. The van der Waals surface area contributed by atoms with E-state index in [1.165, 1.54) is 7.11 Å². The van der Waals surface area contributed by atoms with Crippen molar-refractivity contribution in [2.24, 2.45) is 0 Å². The zero-order chi connectivity index (χ0) is 5.70. The van der Waals surface area contributed by atoms with E-state index in [4.69, 9.17) is 0 Å². The molecule has 0 saturated heterocycles. The Labute approximate surface area is 42.7 Å². The number of methoxy groups -OCH3 is 1. The Hall–Kier alpha value is -0.730. The average molecular weight is 102 g/mol. The summed E-state index contributed by atoms with van der Waals surface area (Å²) in [6.45, 7) is 3.73.